The highest BCUT2D eigenvalue weighted by atomic mass is 32.1. The average molecular weight is 203 g/mol. The lowest BCUT2D eigenvalue weighted by atomic mass is 10.0. The Hall–Kier alpha value is -0.650. The van der Waals surface area contributed by atoms with E-state index in [1.807, 2.05) is 0 Å². The molecule has 0 aliphatic heterocycles. The predicted octanol–water partition coefficient (Wildman–Crippen LogP) is 0.956. The van der Waals surface area contributed by atoms with Crippen molar-refractivity contribution in [1.82, 2.24) is 4.37 Å². The van der Waals surface area contributed by atoms with Gasteiger partial charge in [0.25, 0.3) is 0 Å². The summed E-state index contributed by atoms with van der Waals surface area (Å²) >= 11 is 1.12. The van der Waals surface area contributed by atoms with E-state index in [1.54, 1.807) is 19.9 Å². The first kappa shape index (κ1) is 10.4. The second kappa shape index (κ2) is 3.61. The Morgan fingerprint density at radius 1 is 1.62 bits per heavy atom. The van der Waals surface area contributed by atoms with Crippen LogP contribution in [0.15, 0.2) is 6.07 Å². The summed E-state index contributed by atoms with van der Waals surface area (Å²) in [6, 6.07) is 1.62. The average Bonchev–Trinajstić information content (AvgIpc) is 2.48. The van der Waals surface area contributed by atoms with Crippen molar-refractivity contribution < 1.29 is 14.9 Å². The lowest BCUT2D eigenvalue weighted by Gasteiger charge is -2.22. The first-order valence-corrected chi connectivity index (χ1v) is 4.63. The smallest absolute Gasteiger partial charge is 0.225 e. The number of methoxy groups -OCH3 is 1. The maximum atomic E-state index is 9.63. The van der Waals surface area contributed by atoms with Crippen molar-refractivity contribution in [3.05, 3.63) is 10.9 Å². The molecule has 0 aromatic carbocycles. The van der Waals surface area contributed by atoms with Crippen molar-refractivity contribution in [2.45, 2.75) is 25.6 Å². The number of hydrogen-bond donors (Lipinski definition) is 2. The van der Waals surface area contributed by atoms with Crippen LogP contribution in [-0.2, 0) is 0 Å². The van der Waals surface area contributed by atoms with Gasteiger partial charge in [-0.2, -0.15) is 4.37 Å². The van der Waals surface area contributed by atoms with E-state index >= 15 is 0 Å². The van der Waals surface area contributed by atoms with Gasteiger partial charge in [0.05, 0.1) is 17.6 Å². The fourth-order valence-electron chi connectivity index (χ4n) is 0.845. The van der Waals surface area contributed by atoms with Gasteiger partial charge in [-0.3, -0.25) is 0 Å². The standard InChI is InChI=1S/C8H13NO3S/c1-8(2,11)7(10)5-4-6(12-3)9-13-5/h4,7,10-11H,1-3H3. The van der Waals surface area contributed by atoms with E-state index in [-0.39, 0.29) is 0 Å². The minimum Gasteiger partial charge on any atom is -0.480 e. The molecule has 0 fully saturated rings. The van der Waals surface area contributed by atoms with Gasteiger partial charge in [0.1, 0.15) is 6.10 Å². The van der Waals surface area contributed by atoms with Crippen LogP contribution in [0, 0.1) is 0 Å². The topological polar surface area (TPSA) is 62.6 Å². The quantitative estimate of drug-likeness (QED) is 0.768. The SMILES string of the molecule is COc1cc(C(O)C(C)(C)O)sn1. The molecule has 74 valence electrons. The Bertz CT molecular complexity index is 279. The maximum absolute atomic E-state index is 9.63. The molecule has 5 heteroatoms. The molecule has 1 atom stereocenters. The van der Waals surface area contributed by atoms with Gasteiger partial charge >= 0.3 is 0 Å². The zero-order valence-electron chi connectivity index (χ0n) is 7.81. The van der Waals surface area contributed by atoms with Crippen LogP contribution < -0.4 is 4.74 Å². The zero-order valence-corrected chi connectivity index (χ0v) is 8.63. The fraction of sp³-hybridized carbons (Fsp3) is 0.625. The Kier molecular flexibility index (Phi) is 2.90. The van der Waals surface area contributed by atoms with Crippen LogP contribution in [0.1, 0.15) is 24.8 Å². The Labute approximate surface area is 81.0 Å². The van der Waals surface area contributed by atoms with E-state index in [2.05, 4.69) is 4.37 Å². The van der Waals surface area contributed by atoms with E-state index in [0.717, 1.165) is 11.5 Å². The van der Waals surface area contributed by atoms with Crippen LogP contribution >= 0.6 is 11.5 Å². The molecule has 4 nitrogen and oxygen atoms in total. The first-order chi connectivity index (χ1) is 5.95. The molecule has 0 amide bonds. The largest absolute Gasteiger partial charge is 0.480 e. The molecule has 13 heavy (non-hydrogen) atoms. The van der Waals surface area contributed by atoms with E-state index < -0.39 is 11.7 Å². The molecular weight excluding hydrogens is 190 g/mol. The van der Waals surface area contributed by atoms with E-state index in [9.17, 15) is 10.2 Å². The minimum absolute atomic E-state index is 0.461. The van der Waals surface area contributed by atoms with Crippen molar-refractivity contribution in [2.75, 3.05) is 7.11 Å². The van der Waals surface area contributed by atoms with Crippen LogP contribution in [0.25, 0.3) is 0 Å². The summed E-state index contributed by atoms with van der Waals surface area (Å²) in [5, 5.41) is 19.1. The Morgan fingerprint density at radius 3 is 2.62 bits per heavy atom. The van der Waals surface area contributed by atoms with Crippen LogP contribution in [0.5, 0.6) is 5.88 Å². The van der Waals surface area contributed by atoms with Gasteiger partial charge in [0, 0.05) is 6.07 Å². The molecule has 2 N–H and O–H groups in total. The maximum Gasteiger partial charge on any atom is 0.225 e. The van der Waals surface area contributed by atoms with Crippen LogP contribution in [0.2, 0.25) is 0 Å². The molecule has 0 spiro atoms. The number of aliphatic hydroxyl groups is 2. The van der Waals surface area contributed by atoms with Crippen LogP contribution in [0.4, 0.5) is 0 Å². The third kappa shape index (κ3) is 2.40. The summed E-state index contributed by atoms with van der Waals surface area (Å²) in [6.07, 6.45) is -0.922. The van der Waals surface area contributed by atoms with Gasteiger partial charge in [0.2, 0.25) is 5.88 Å². The molecule has 0 radical (unpaired) electrons. The second-order valence-corrected chi connectivity index (χ2v) is 4.16. The van der Waals surface area contributed by atoms with Crippen LogP contribution in [0.3, 0.4) is 0 Å². The van der Waals surface area contributed by atoms with E-state index in [1.165, 1.54) is 7.11 Å². The highest BCUT2D eigenvalue weighted by molar-refractivity contribution is 7.06. The molecule has 0 bridgehead atoms. The number of hydrogen-bond acceptors (Lipinski definition) is 5. The second-order valence-electron chi connectivity index (χ2n) is 3.33. The van der Waals surface area contributed by atoms with Gasteiger partial charge < -0.3 is 14.9 Å². The molecule has 0 saturated carbocycles. The third-order valence-electron chi connectivity index (χ3n) is 1.65. The van der Waals surface area contributed by atoms with Gasteiger partial charge in [-0.15, -0.1) is 0 Å². The highest BCUT2D eigenvalue weighted by Gasteiger charge is 2.28. The van der Waals surface area contributed by atoms with Crippen molar-refractivity contribution >= 4 is 11.5 Å². The van der Waals surface area contributed by atoms with Gasteiger partial charge in [0.15, 0.2) is 0 Å². The number of aliphatic hydroxyl groups excluding tert-OH is 1. The molecule has 1 unspecified atom stereocenters. The van der Waals surface area contributed by atoms with Gasteiger partial charge in [-0.05, 0) is 25.4 Å². The Balaban J connectivity index is 2.83. The number of ether oxygens (including phenoxy) is 1. The number of rotatable bonds is 3. The molecule has 0 aliphatic carbocycles. The highest BCUT2D eigenvalue weighted by Crippen LogP contribution is 2.30. The van der Waals surface area contributed by atoms with Gasteiger partial charge in [-0.1, -0.05) is 0 Å². The first-order valence-electron chi connectivity index (χ1n) is 3.86. The molecule has 1 aromatic rings. The van der Waals surface area contributed by atoms with Crippen LogP contribution in [-0.4, -0.2) is 27.3 Å². The van der Waals surface area contributed by atoms with E-state index in [4.69, 9.17) is 4.74 Å². The zero-order chi connectivity index (χ0) is 10.1. The summed E-state index contributed by atoms with van der Waals surface area (Å²) in [4.78, 5) is 0.601. The van der Waals surface area contributed by atoms with Crippen molar-refractivity contribution in [3.63, 3.8) is 0 Å². The molecular formula is C8H13NO3S. The lowest BCUT2D eigenvalue weighted by Crippen LogP contribution is -2.27. The monoisotopic (exact) mass is 203 g/mol. The summed E-state index contributed by atoms with van der Waals surface area (Å²) in [5.74, 6) is 0.461. The molecule has 1 aromatic heterocycles. The molecule has 0 saturated heterocycles. The fourth-order valence-corrected chi connectivity index (χ4v) is 1.71. The normalized spacial score (nSPS) is 14.2. The van der Waals surface area contributed by atoms with Crippen molar-refractivity contribution in [1.29, 1.82) is 0 Å². The van der Waals surface area contributed by atoms with E-state index in [0.29, 0.717) is 10.8 Å². The summed E-state index contributed by atoms with van der Waals surface area (Å²) in [7, 11) is 1.51. The summed E-state index contributed by atoms with van der Waals surface area (Å²) in [5.41, 5.74) is -1.16. The minimum atomic E-state index is -1.16. The summed E-state index contributed by atoms with van der Waals surface area (Å²) in [6.45, 7) is 3.09. The van der Waals surface area contributed by atoms with Gasteiger partial charge in [-0.25, -0.2) is 0 Å². The summed E-state index contributed by atoms with van der Waals surface area (Å²) < 4.78 is 8.78. The predicted molar refractivity (Wildman–Crippen MR) is 49.9 cm³/mol. The molecule has 1 heterocycles. The number of nitrogens with zero attached hydrogens (tertiary/aromatic N) is 1. The molecule has 0 aliphatic rings. The third-order valence-corrected chi connectivity index (χ3v) is 2.48. The van der Waals surface area contributed by atoms with Crippen molar-refractivity contribution in [2.24, 2.45) is 0 Å². The van der Waals surface area contributed by atoms with Crippen molar-refractivity contribution in [3.8, 4) is 5.88 Å². The lowest BCUT2D eigenvalue weighted by molar-refractivity contribution is -0.0479. The number of aromatic nitrogens is 1. The molecule has 1 rings (SSSR count). The Morgan fingerprint density at radius 2 is 2.23 bits per heavy atom.